The predicted molar refractivity (Wildman–Crippen MR) is 102 cm³/mol. The molecule has 0 atom stereocenters. The Morgan fingerprint density at radius 1 is 1.19 bits per heavy atom. The van der Waals surface area contributed by atoms with Crippen LogP contribution in [0, 0.1) is 0 Å². The molecule has 0 saturated heterocycles. The van der Waals surface area contributed by atoms with Gasteiger partial charge in [0.25, 0.3) is 0 Å². The fraction of sp³-hybridized carbons (Fsp3) is 0.500. The molecule has 1 aromatic carbocycles. The molecule has 4 rings (SSSR count). The summed E-state index contributed by atoms with van der Waals surface area (Å²) < 4.78 is 26.4. The molecule has 1 amide bonds. The summed E-state index contributed by atoms with van der Waals surface area (Å²) in [5, 5.41) is 4.20. The zero-order valence-corrected chi connectivity index (χ0v) is 16.6. The van der Waals surface area contributed by atoms with E-state index >= 15 is 0 Å². The minimum Gasteiger partial charge on any atom is -0.335 e. The molecule has 144 valence electrons. The second-order valence-corrected chi connectivity index (χ2v) is 10.3. The molecule has 2 aliphatic rings. The largest absolute Gasteiger partial charge is 0.335 e. The quantitative estimate of drug-likeness (QED) is 0.790. The standard InChI is InChI=1S/C20H25N3O3S/c1-14(2)27(25,26)18-7-3-15(4-8-18)11-20(24)22-9-10-23-17(13-22)12-19(21-23)16-5-6-16/h3-4,7-8,12,14,16H,5-6,9-11,13H2,1-2H3. The van der Waals surface area contributed by atoms with Crippen molar-refractivity contribution in [3.63, 3.8) is 0 Å². The molecule has 7 heteroatoms. The first-order valence-electron chi connectivity index (χ1n) is 9.52. The van der Waals surface area contributed by atoms with Crippen LogP contribution in [0.5, 0.6) is 0 Å². The minimum atomic E-state index is -3.28. The molecule has 27 heavy (non-hydrogen) atoms. The Morgan fingerprint density at radius 2 is 1.89 bits per heavy atom. The Balaban J connectivity index is 1.42. The molecule has 1 fully saturated rings. The van der Waals surface area contributed by atoms with Crippen molar-refractivity contribution in [3.8, 4) is 0 Å². The number of rotatable bonds is 5. The first-order chi connectivity index (χ1) is 12.8. The smallest absolute Gasteiger partial charge is 0.227 e. The van der Waals surface area contributed by atoms with Crippen LogP contribution in [0.15, 0.2) is 35.2 Å². The highest BCUT2D eigenvalue weighted by Gasteiger charge is 2.29. The monoisotopic (exact) mass is 387 g/mol. The summed E-state index contributed by atoms with van der Waals surface area (Å²) in [4.78, 5) is 14.9. The van der Waals surface area contributed by atoms with Gasteiger partial charge in [-0.3, -0.25) is 9.48 Å². The summed E-state index contributed by atoms with van der Waals surface area (Å²) in [5.74, 6) is 0.683. The van der Waals surface area contributed by atoms with Crippen molar-refractivity contribution in [1.29, 1.82) is 0 Å². The van der Waals surface area contributed by atoms with Crippen molar-refractivity contribution in [2.24, 2.45) is 0 Å². The van der Waals surface area contributed by atoms with Gasteiger partial charge in [0.05, 0.1) is 41.0 Å². The van der Waals surface area contributed by atoms with Crippen LogP contribution in [0.2, 0.25) is 0 Å². The van der Waals surface area contributed by atoms with E-state index in [1.54, 1.807) is 38.1 Å². The van der Waals surface area contributed by atoms with E-state index in [0.717, 1.165) is 17.8 Å². The van der Waals surface area contributed by atoms with E-state index in [-0.39, 0.29) is 12.3 Å². The van der Waals surface area contributed by atoms with Crippen LogP contribution < -0.4 is 0 Å². The van der Waals surface area contributed by atoms with Gasteiger partial charge in [0.1, 0.15) is 0 Å². The van der Waals surface area contributed by atoms with E-state index in [9.17, 15) is 13.2 Å². The van der Waals surface area contributed by atoms with Gasteiger partial charge >= 0.3 is 0 Å². The van der Waals surface area contributed by atoms with Crippen LogP contribution in [0.1, 0.15) is 49.6 Å². The van der Waals surface area contributed by atoms with Gasteiger partial charge in [0.2, 0.25) is 5.91 Å². The average molecular weight is 388 g/mol. The Labute approximate surface area is 160 Å². The highest BCUT2D eigenvalue weighted by Crippen LogP contribution is 2.39. The highest BCUT2D eigenvalue weighted by atomic mass is 32.2. The van der Waals surface area contributed by atoms with Crippen LogP contribution in [0.3, 0.4) is 0 Å². The summed E-state index contributed by atoms with van der Waals surface area (Å²) in [5.41, 5.74) is 3.11. The highest BCUT2D eigenvalue weighted by molar-refractivity contribution is 7.92. The van der Waals surface area contributed by atoms with Gasteiger partial charge in [0.15, 0.2) is 9.84 Å². The molecule has 0 bridgehead atoms. The van der Waals surface area contributed by atoms with E-state index in [1.807, 2.05) is 9.58 Å². The van der Waals surface area contributed by atoms with E-state index in [0.29, 0.717) is 23.9 Å². The molecule has 1 saturated carbocycles. The maximum absolute atomic E-state index is 12.7. The lowest BCUT2D eigenvalue weighted by Gasteiger charge is -2.27. The van der Waals surface area contributed by atoms with Gasteiger partial charge < -0.3 is 4.90 Å². The number of hydrogen-bond donors (Lipinski definition) is 0. The molecule has 1 aromatic heterocycles. The number of amides is 1. The number of hydrogen-bond acceptors (Lipinski definition) is 4. The average Bonchev–Trinajstić information content (AvgIpc) is 3.40. The number of nitrogens with zero attached hydrogens (tertiary/aromatic N) is 3. The van der Waals surface area contributed by atoms with Gasteiger partial charge in [-0.2, -0.15) is 5.10 Å². The SMILES string of the molecule is CC(C)S(=O)(=O)c1ccc(CC(=O)N2CCn3nc(C4CC4)cc3C2)cc1. The molecule has 2 heterocycles. The summed E-state index contributed by atoms with van der Waals surface area (Å²) >= 11 is 0. The topological polar surface area (TPSA) is 72.3 Å². The second-order valence-electron chi connectivity index (χ2n) is 7.79. The van der Waals surface area contributed by atoms with Crippen molar-refractivity contribution in [3.05, 3.63) is 47.3 Å². The molecule has 0 radical (unpaired) electrons. The molecule has 0 N–H and O–H groups in total. The Hall–Kier alpha value is -2.15. The van der Waals surface area contributed by atoms with Crippen LogP contribution in [0.4, 0.5) is 0 Å². The number of sulfone groups is 1. The summed E-state index contributed by atoms with van der Waals surface area (Å²) in [6.07, 6.45) is 2.73. The van der Waals surface area contributed by atoms with Crippen molar-refractivity contribution in [2.75, 3.05) is 6.54 Å². The normalized spacial score (nSPS) is 17.2. The number of fused-ring (bicyclic) bond motifs is 1. The first kappa shape index (κ1) is 18.2. The summed E-state index contributed by atoms with van der Waals surface area (Å²) in [7, 11) is -3.28. The fourth-order valence-electron chi connectivity index (χ4n) is 3.44. The number of aromatic nitrogens is 2. The van der Waals surface area contributed by atoms with Crippen molar-refractivity contribution in [1.82, 2.24) is 14.7 Å². The molecular weight excluding hydrogens is 362 g/mol. The molecule has 6 nitrogen and oxygen atoms in total. The number of benzene rings is 1. The lowest BCUT2D eigenvalue weighted by molar-refractivity contribution is -0.132. The van der Waals surface area contributed by atoms with E-state index < -0.39 is 15.1 Å². The van der Waals surface area contributed by atoms with Gasteiger partial charge in [0, 0.05) is 12.5 Å². The maximum Gasteiger partial charge on any atom is 0.227 e. The zero-order chi connectivity index (χ0) is 19.2. The van der Waals surface area contributed by atoms with Gasteiger partial charge in [-0.05, 0) is 50.5 Å². The molecule has 1 aliphatic heterocycles. The maximum atomic E-state index is 12.7. The van der Waals surface area contributed by atoms with Crippen LogP contribution >= 0.6 is 0 Å². The number of carbonyl (C=O) groups excluding carboxylic acids is 1. The lowest BCUT2D eigenvalue weighted by Crippen LogP contribution is -2.39. The van der Waals surface area contributed by atoms with E-state index in [1.165, 1.54) is 18.5 Å². The second kappa shape index (κ2) is 6.78. The predicted octanol–water partition coefficient (Wildman–Crippen LogP) is 2.53. The van der Waals surface area contributed by atoms with Crippen molar-refractivity contribution >= 4 is 15.7 Å². The first-order valence-corrected chi connectivity index (χ1v) is 11.1. The van der Waals surface area contributed by atoms with Crippen molar-refractivity contribution in [2.45, 2.75) is 62.3 Å². The van der Waals surface area contributed by atoms with Crippen LogP contribution in [0.25, 0.3) is 0 Å². The van der Waals surface area contributed by atoms with Gasteiger partial charge in [-0.1, -0.05) is 12.1 Å². The lowest BCUT2D eigenvalue weighted by atomic mass is 10.1. The zero-order valence-electron chi connectivity index (χ0n) is 15.8. The van der Waals surface area contributed by atoms with Gasteiger partial charge in [-0.25, -0.2) is 8.42 Å². The molecular formula is C20H25N3O3S. The summed E-state index contributed by atoms with van der Waals surface area (Å²) in [6, 6.07) is 8.83. The Bertz CT molecular complexity index is 957. The van der Waals surface area contributed by atoms with Crippen LogP contribution in [-0.4, -0.2) is 40.8 Å². The Kier molecular flexibility index (Phi) is 4.58. The van der Waals surface area contributed by atoms with Crippen molar-refractivity contribution < 1.29 is 13.2 Å². The Morgan fingerprint density at radius 3 is 2.52 bits per heavy atom. The molecule has 0 spiro atoms. The third-order valence-electron chi connectivity index (χ3n) is 5.39. The molecule has 0 unspecified atom stereocenters. The molecule has 1 aliphatic carbocycles. The minimum absolute atomic E-state index is 0.0647. The number of carbonyl (C=O) groups is 1. The van der Waals surface area contributed by atoms with Gasteiger partial charge in [-0.15, -0.1) is 0 Å². The third-order valence-corrected chi connectivity index (χ3v) is 7.56. The molecule has 2 aromatic rings. The summed E-state index contributed by atoms with van der Waals surface area (Å²) in [6.45, 7) is 5.33. The van der Waals surface area contributed by atoms with E-state index in [2.05, 4.69) is 11.2 Å². The van der Waals surface area contributed by atoms with Crippen LogP contribution in [-0.2, 0) is 34.1 Å². The third kappa shape index (κ3) is 3.65. The fourth-order valence-corrected chi connectivity index (χ4v) is 4.50. The van der Waals surface area contributed by atoms with E-state index in [4.69, 9.17) is 0 Å².